The number of hydrogen-bond donors (Lipinski definition) is 2. The number of rotatable bonds is 5. The van der Waals surface area contributed by atoms with E-state index in [0.29, 0.717) is 6.42 Å². The van der Waals surface area contributed by atoms with Crippen molar-refractivity contribution in [3.8, 4) is 0 Å². The molecule has 1 aromatic heterocycles. The number of anilines is 1. The minimum Gasteiger partial charge on any atom is -0.367 e. The maximum Gasteiger partial charge on any atom is 0.224 e. The van der Waals surface area contributed by atoms with Crippen LogP contribution in [0.2, 0.25) is 0 Å². The Morgan fingerprint density at radius 1 is 1.07 bits per heavy atom. The molecule has 0 spiro atoms. The number of nitrogens with zero attached hydrogens (tertiary/aromatic N) is 3. The van der Waals surface area contributed by atoms with Gasteiger partial charge >= 0.3 is 0 Å². The number of aromatic amines is 1. The van der Waals surface area contributed by atoms with Gasteiger partial charge in [-0.1, -0.05) is 36.4 Å². The van der Waals surface area contributed by atoms with E-state index in [2.05, 4.69) is 33.3 Å². The predicted octanol–water partition coefficient (Wildman–Crippen LogP) is 2.17. The van der Waals surface area contributed by atoms with Crippen LogP contribution in [0.3, 0.4) is 0 Å². The number of nitrogens with two attached hydrogens (primary N) is 1. The molecule has 6 nitrogen and oxygen atoms in total. The highest BCUT2D eigenvalue weighted by Gasteiger charge is 2.23. The smallest absolute Gasteiger partial charge is 0.224 e. The van der Waals surface area contributed by atoms with Crippen LogP contribution in [0.15, 0.2) is 54.7 Å². The lowest BCUT2D eigenvalue weighted by Crippen LogP contribution is -2.50. The molecule has 2 heterocycles. The Morgan fingerprint density at radius 2 is 1.85 bits per heavy atom. The molecule has 1 saturated heterocycles. The van der Waals surface area contributed by atoms with Crippen LogP contribution in [0.4, 0.5) is 5.69 Å². The van der Waals surface area contributed by atoms with Crippen LogP contribution >= 0.6 is 0 Å². The van der Waals surface area contributed by atoms with Gasteiger partial charge in [-0.2, -0.15) is 5.10 Å². The van der Waals surface area contributed by atoms with Crippen molar-refractivity contribution in [2.24, 2.45) is 5.73 Å². The van der Waals surface area contributed by atoms with Crippen LogP contribution in [0.1, 0.15) is 12.0 Å². The summed E-state index contributed by atoms with van der Waals surface area (Å²) in [6, 6.07) is 16.1. The van der Waals surface area contributed by atoms with Crippen molar-refractivity contribution in [3.05, 3.63) is 60.3 Å². The summed E-state index contributed by atoms with van der Waals surface area (Å²) in [6.07, 6.45) is 2.99. The number of fused-ring (bicyclic) bond motifs is 1. The minimum atomic E-state index is -0.141. The largest absolute Gasteiger partial charge is 0.367 e. The Hall–Kier alpha value is -2.86. The topological polar surface area (TPSA) is 78.3 Å². The first-order valence-corrected chi connectivity index (χ1v) is 9.45. The van der Waals surface area contributed by atoms with Crippen molar-refractivity contribution >= 4 is 22.5 Å². The summed E-state index contributed by atoms with van der Waals surface area (Å²) >= 11 is 0. The second-order valence-corrected chi connectivity index (χ2v) is 7.13. The molecule has 1 fully saturated rings. The number of hydrogen-bond acceptors (Lipinski definition) is 4. The molecule has 0 bridgehead atoms. The molecule has 1 amide bonds. The van der Waals surface area contributed by atoms with Crippen molar-refractivity contribution in [1.29, 1.82) is 0 Å². The number of aromatic nitrogens is 2. The van der Waals surface area contributed by atoms with Crippen molar-refractivity contribution in [2.75, 3.05) is 31.1 Å². The molecule has 1 aliphatic rings. The number of H-pyrrole nitrogens is 1. The lowest BCUT2D eigenvalue weighted by Gasteiger charge is -2.36. The fourth-order valence-electron chi connectivity index (χ4n) is 3.77. The fraction of sp³-hybridized carbons (Fsp3) is 0.333. The van der Waals surface area contributed by atoms with E-state index in [0.717, 1.165) is 43.5 Å². The monoisotopic (exact) mass is 363 g/mol. The molecule has 27 heavy (non-hydrogen) atoms. The van der Waals surface area contributed by atoms with Crippen LogP contribution in [-0.2, 0) is 11.2 Å². The van der Waals surface area contributed by atoms with Gasteiger partial charge in [0.25, 0.3) is 0 Å². The second-order valence-electron chi connectivity index (χ2n) is 7.13. The highest BCUT2D eigenvalue weighted by molar-refractivity contribution is 5.91. The Morgan fingerprint density at radius 3 is 2.63 bits per heavy atom. The number of nitrogens with one attached hydrogen (secondary N) is 1. The molecule has 0 unspecified atom stereocenters. The second kappa shape index (κ2) is 7.80. The van der Waals surface area contributed by atoms with Crippen LogP contribution < -0.4 is 10.6 Å². The number of piperazine rings is 1. The normalized spacial score (nSPS) is 15.9. The maximum absolute atomic E-state index is 12.6. The van der Waals surface area contributed by atoms with Crippen LogP contribution in [-0.4, -0.2) is 53.2 Å². The zero-order valence-electron chi connectivity index (χ0n) is 15.3. The molecule has 0 radical (unpaired) electrons. The molecule has 0 aliphatic carbocycles. The van der Waals surface area contributed by atoms with E-state index in [1.54, 1.807) is 0 Å². The lowest BCUT2D eigenvalue weighted by atomic mass is 10.0. The number of carbonyl (C=O) groups is 1. The van der Waals surface area contributed by atoms with Crippen molar-refractivity contribution in [3.63, 3.8) is 0 Å². The summed E-state index contributed by atoms with van der Waals surface area (Å²) < 4.78 is 0. The molecule has 0 saturated carbocycles. The number of amides is 1. The fourth-order valence-corrected chi connectivity index (χ4v) is 3.77. The molecule has 3 N–H and O–H groups in total. The highest BCUT2D eigenvalue weighted by Crippen LogP contribution is 2.26. The quantitative estimate of drug-likeness (QED) is 0.728. The summed E-state index contributed by atoms with van der Waals surface area (Å²) in [7, 11) is 0. The van der Waals surface area contributed by atoms with E-state index in [9.17, 15) is 4.79 Å². The van der Waals surface area contributed by atoms with Gasteiger partial charge in [0.1, 0.15) is 0 Å². The maximum atomic E-state index is 12.6. The molecule has 2 aromatic carbocycles. The van der Waals surface area contributed by atoms with E-state index in [1.165, 1.54) is 11.3 Å². The predicted molar refractivity (Wildman–Crippen MR) is 108 cm³/mol. The average molecular weight is 363 g/mol. The van der Waals surface area contributed by atoms with Gasteiger partial charge in [-0.3, -0.25) is 9.89 Å². The average Bonchev–Trinajstić information content (AvgIpc) is 3.17. The Kier molecular flexibility index (Phi) is 5.07. The first-order chi connectivity index (χ1) is 13.2. The van der Waals surface area contributed by atoms with Crippen LogP contribution in [0.25, 0.3) is 10.9 Å². The molecule has 1 atom stereocenters. The molecule has 140 valence electrons. The van der Waals surface area contributed by atoms with E-state index in [1.807, 2.05) is 41.4 Å². The zero-order valence-corrected chi connectivity index (χ0v) is 15.3. The summed E-state index contributed by atoms with van der Waals surface area (Å²) in [5.74, 6) is 0.152. The van der Waals surface area contributed by atoms with E-state index in [4.69, 9.17) is 5.73 Å². The molecule has 6 heteroatoms. The zero-order chi connectivity index (χ0) is 18.6. The third kappa shape index (κ3) is 3.95. The summed E-state index contributed by atoms with van der Waals surface area (Å²) in [5, 5.41) is 8.28. The Bertz CT molecular complexity index is 899. The van der Waals surface area contributed by atoms with Gasteiger partial charge in [0.2, 0.25) is 5.91 Å². The standard InChI is InChI=1S/C21H25N5O/c22-17(13-16-5-2-1-3-6-16)14-21(27)26-11-9-25(10-12-26)20-8-4-7-19-18(20)15-23-24-19/h1-8,15,17H,9-14,22H2,(H,23,24)/t17-/m0/s1. The summed E-state index contributed by atoms with van der Waals surface area (Å²) in [4.78, 5) is 16.9. The SMILES string of the molecule is N[C@H](CC(=O)N1CCN(c2cccc3[nH]ncc23)CC1)Cc1ccccc1. The van der Waals surface area contributed by atoms with Crippen LogP contribution in [0, 0.1) is 0 Å². The van der Waals surface area contributed by atoms with E-state index >= 15 is 0 Å². The van der Waals surface area contributed by atoms with E-state index < -0.39 is 0 Å². The Balaban J connectivity index is 1.32. The number of benzene rings is 2. The van der Waals surface area contributed by atoms with Gasteiger partial charge in [0, 0.05) is 49.7 Å². The number of carbonyl (C=O) groups excluding carboxylic acids is 1. The third-order valence-electron chi connectivity index (χ3n) is 5.21. The lowest BCUT2D eigenvalue weighted by molar-refractivity contribution is -0.131. The van der Waals surface area contributed by atoms with Crippen LogP contribution in [0.5, 0.6) is 0 Å². The molecular weight excluding hydrogens is 338 g/mol. The minimum absolute atomic E-state index is 0.141. The van der Waals surface area contributed by atoms with Gasteiger partial charge < -0.3 is 15.5 Å². The van der Waals surface area contributed by atoms with Gasteiger partial charge in [-0.25, -0.2) is 0 Å². The van der Waals surface area contributed by atoms with Crippen molar-refractivity contribution in [1.82, 2.24) is 15.1 Å². The van der Waals surface area contributed by atoms with Gasteiger partial charge in [-0.05, 0) is 24.1 Å². The molecule has 3 aromatic rings. The van der Waals surface area contributed by atoms with Crippen molar-refractivity contribution in [2.45, 2.75) is 18.9 Å². The highest BCUT2D eigenvalue weighted by atomic mass is 16.2. The van der Waals surface area contributed by atoms with Gasteiger partial charge in [0.05, 0.1) is 11.7 Å². The van der Waals surface area contributed by atoms with E-state index in [-0.39, 0.29) is 11.9 Å². The third-order valence-corrected chi connectivity index (χ3v) is 5.21. The molecule has 1 aliphatic heterocycles. The van der Waals surface area contributed by atoms with Crippen molar-refractivity contribution < 1.29 is 4.79 Å². The molecule has 4 rings (SSSR count). The summed E-state index contributed by atoms with van der Waals surface area (Å²) in [6.45, 7) is 3.10. The van der Waals surface area contributed by atoms with Gasteiger partial charge in [-0.15, -0.1) is 0 Å². The Labute approximate surface area is 159 Å². The first-order valence-electron chi connectivity index (χ1n) is 9.45. The first kappa shape index (κ1) is 17.5. The van der Waals surface area contributed by atoms with Gasteiger partial charge in [0.15, 0.2) is 0 Å². The summed E-state index contributed by atoms with van der Waals surface area (Å²) in [5.41, 5.74) is 9.61. The molecular formula is C21H25N5O.